The van der Waals surface area contributed by atoms with Gasteiger partial charge in [0.2, 0.25) is 0 Å². The molecule has 0 fully saturated rings. The van der Waals surface area contributed by atoms with Crippen LogP contribution in [0.3, 0.4) is 0 Å². The molecule has 1 N–H and O–H groups in total. The van der Waals surface area contributed by atoms with Crippen molar-refractivity contribution in [2.45, 2.75) is 13.1 Å². The molecule has 2 rings (SSSR count). The monoisotopic (exact) mass is 260 g/mol. The summed E-state index contributed by atoms with van der Waals surface area (Å²) in [6, 6.07) is 6.43. The molecule has 0 amide bonds. The third kappa shape index (κ3) is 2.20. The predicted molar refractivity (Wildman–Crippen MR) is 70.3 cm³/mol. The molecule has 0 saturated carbocycles. The minimum absolute atomic E-state index is 0.0438. The lowest BCUT2D eigenvalue weighted by Crippen LogP contribution is -2.40. The van der Waals surface area contributed by atoms with Gasteiger partial charge in [-0.05, 0) is 12.1 Å². The van der Waals surface area contributed by atoms with Crippen LogP contribution in [0, 0.1) is 0 Å². The lowest BCUT2D eigenvalue weighted by atomic mass is 10.2. The van der Waals surface area contributed by atoms with E-state index in [0.29, 0.717) is 10.9 Å². The Labute approximate surface area is 107 Å². The molecule has 1 heterocycles. The zero-order valence-electron chi connectivity index (χ0n) is 10.1. The van der Waals surface area contributed by atoms with Crippen molar-refractivity contribution >= 4 is 16.9 Å². The van der Waals surface area contributed by atoms with Crippen molar-refractivity contribution in [2.24, 2.45) is 0 Å². The molecule has 0 radical (unpaired) electrons. The van der Waals surface area contributed by atoms with E-state index in [1.807, 2.05) is 0 Å². The lowest BCUT2D eigenvalue weighted by molar-refractivity contribution is -0.137. The van der Waals surface area contributed by atoms with Gasteiger partial charge in [-0.2, -0.15) is 0 Å². The van der Waals surface area contributed by atoms with Gasteiger partial charge in [0.1, 0.15) is 6.54 Å². The van der Waals surface area contributed by atoms with E-state index in [-0.39, 0.29) is 6.54 Å². The normalized spacial score (nSPS) is 10.5. The number of rotatable bonds is 4. The van der Waals surface area contributed by atoms with Crippen molar-refractivity contribution in [1.29, 1.82) is 0 Å². The van der Waals surface area contributed by atoms with Crippen LogP contribution in [0.1, 0.15) is 0 Å². The number of allylic oxidation sites excluding steroid dienone is 1. The molecule has 19 heavy (non-hydrogen) atoms. The fourth-order valence-corrected chi connectivity index (χ4v) is 1.95. The Hall–Kier alpha value is -2.63. The Morgan fingerprint density at radius 3 is 2.58 bits per heavy atom. The molecule has 1 aromatic carbocycles. The first-order chi connectivity index (χ1) is 9.06. The third-order valence-corrected chi connectivity index (χ3v) is 2.74. The molecule has 0 spiro atoms. The average Bonchev–Trinajstić information content (AvgIpc) is 2.39. The summed E-state index contributed by atoms with van der Waals surface area (Å²) in [5.41, 5.74) is -0.770. The molecule has 0 bridgehead atoms. The van der Waals surface area contributed by atoms with E-state index in [9.17, 15) is 14.4 Å². The number of hydrogen-bond acceptors (Lipinski definition) is 3. The van der Waals surface area contributed by atoms with Gasteiger partial charge >= 0.3 is 11.7 Å². The summed E-state index contributed by atoms with van der Waals surface area (Å²) in [4.78, 5) is 35.1. The summed E-state index contributed by atoms with van der Waals surface area (Å²) in [5, 5.41) is 9.18. The first kappa shape index (κ1) is 12.8. The smallest absolute Gasteiger partial charge is 0.332 e. The number of aliphatic carboxylic acids is 1. The number of carboxylic acids is 1. The number of carboxylic acid groups (broad SMARTS) is 1. The molecule has 0 saturated heterocycles. The second-order valence-corrected chi connectivity index (χ2v) is 3.98. The highest BCUT2D eigenvalue weighted by atomic mass is 16.4. The van der Waals surface area contributed by atoms with Gasteiger partial charge in [0, 0.05) is 6.54 Å². The van der Waals surface area contributed by atoms with Gasteiger partial charge in [0.05, 0.1) is 10.9 Å². The Morgan fingerprint density at radius 2 is 1.95 bits per heavy atom. The SMILES string of the molecule is C=CCn1c(=O)c2ccccc2n(CC(=O)O)c1=O. The van der Waals surface area contributed by atoms with Crippen LogP contribution in [0.25, 0.3) is 10.9 Å². The van der Waals surface area contributed by atoms with Crippen LogP contribution in [-0.4, -0.2) is 20.2 Å². The van der Waals surface area contributed by atoms with E-state index in [2.05, 4.69) is 6.58 Å². The Morgan fingerprint density at radius 1 is 1.26 bits per heavy atom. The number of para-hydroxylation sites is 1. The maximum atomic E-state index is 12.1. The van der Waals surface area contributed by atoms with E-state index in [1.54, 1.807) is 24.3 Å². The van der Waals surface area contributed by atoms with Gasteiger partial charge in [-0.3, -0.25) is 18.7 Å². The molecular formula is C13H12N2O4. The molecule has 0 unspecified atom stereocenters. The van der Waals surface area contributed by atoms with Crippen molar-refractivity contribution in [3.05, 3.63) is 57.8 Å². The molecule has 6 heteroatoms. The zero-order valence-corrected chi connectivity index (χ0v) is 10.1. The molecule has 6 nitrogen and oxygen atoms in total. The highest BCUT2D eigenvalue weighted by molar-refractivity contribution is 5.79. The average molecular weight is 260 g/mol. The third-order valence-electron chi connectivity index (χ3n) is 2.74. The van der Waals surface area contributed by atoms with E-state index in [0.717, 1.165) is 9.13 Å². The highest BCUT2D eigenvalue weighted by Crippen LogP contribution is 2.07. The first-order valence-electron chi connectivity index (χ1n) is 5.61. The lowest BCUT2D eigenvalue weighted by Gasteiger charge is -2.11. The number of carbonyl (C=O) groups is 1. The Kier molecular flexibility index (Phi) is 3.33. The summed E-state index contributed by atoms with van der Waals surface area (Å²) in [6.07, 6.45) is 1.42. The Bertz CT molecular complexity index is 770. The predicted octanol–water partition coefficient (Wildman–Crippen LogP) is 0.434. The van der Waals surface area contributed by atoms with Gasteiger partial charge in [0.15, 0.2) is 0 Å². The minimum atomic E-state index is -1.14. The summed E-state index contributed by atoms with van der Waals surface area (Å²) in [6.45, 7) is 3.04. The molecule has 0 aliphatic heterocycles. The molecule has 98 valence electrons. The number of fused-ring (bicyclic) bond motifs is 1. The molecule has 0 aliphatic carbocycles. The molecule has 2 aromatic rings. The van der Waals surface area contributed by atoms with Crippen molar-refractivity contribution < 1.29 is 9.90 Å². The molecule has 1 aromatic heterocycles. The summed E-state index contributed by atoms with van der Waals surface area (Å²) >= 11 is 0. The second kappa shape index (κ2) is 4.93. The van der Waals surface area contributed by atoms with Gasteiger partial charge < -0.3 is 5.11 Å². The van der Waals surface area contributed by atoms with Crippen molar-refractivity contribution in [3.8, 4) is 0 Å². The minimum Gasteiger partial charge on any atom is -0.480 e. The number of hydrogen-bond donors (Lipinski definition) is 1. The second-order valence-electron chi connectivity index (χ2n) is 3.98. The van der Waals surface area contributed by atoms with E-state index < -0.39 is 23.8 Å². The van der Waals surface area contributed by atoms with Gasteiger partial charge in [-0.1, -0.05) is 18.2 Å². The van der Waals surface area contributed by atoms with Crippen LogP contribution in [-0.2, 0) is 17.9 Å². The maximum Gasteiger partial charge on any atom is 0.332 e. The van der Waals surface area contributed by atoms with Crippen LogP contribution < -0.4 is 11.2 Å². The largest absolute Gasteiger partial charge is 0.480 e. The van der Waals surface area contributed by atoms with Gasteiger partial charge in [0.25, 0.3) is 5.56 Å². The van der Waals surface area contributed by atoms with Gasteiger partial charge in [-0.15, -0.1) is 6.58 Å². The summed E-state index contributed by atoms with van der Waals surface area (Å²) < 4.78 is 2.04. The molecular weight excluding hydrogens is 248 g/mol. The van der Waals surface area contributed by atoms with Crippen LogP contribution >= 0.6 is 0 Å². The standard InChI is InChI=1S/C13H12N2O4/c1-2-7-14-12(18)9-5-3-4-6-10(9)15(13(14)19)8-11(16)17/h2-6H,1,7-8H2,(H,16,17). The maximum absolute atomic E-state index is 12.1. The van der Waals surface area contributed by atoms with Crippen LogP contribution in [0.4, 0.5) is 0 Å². The van der Waals surface area contributed by atoms with Crippen molar-refractivity contribution in [3.63, 3.8) is 0 Å². The fourth-order valence-electron chi connectivity index (χ4n) is 1.95. The quantitative estimate of drug-likeness (QED) is 0.808. The Balaban J connectivity index is 2.92. The van der Waals surface area contributed by atoms with E-state index in [1.165, 1.54) is 6.08 Å². The molecule has 0 atom stereocenters. The summed E-state index contributed by atoms with van der Waals surface area (Å²) in [7, 11) is 0. The zero-order chi connectivity index (χ0) is 14.0. The first-order valence-corrected chi connectivity index (χ1v) is 5.61. The van der Waals surface area contributed by atoms with Crippen molar-refractivity contribution in [1.82, 2.24) is 9.13 Å². The van der Waals surface area contributed by atoms with E-state index in [4.69, 9.17) is 5.11 Å². The number of nitrogens with zero attached hydrogens (tertiary/aromatic N) is 2. The van der Waals surface area contributed by atoms with E-state index >= 15 is 0 Å². The fraction of sp³-hybridized carbons (Fsp3) is 0.154. The number of aromatic nitrogens is 2. The summed E-state index contributed by atoms with van der Waals surface area (Å²) in [5.74, 6) is -1.14. The van der Waals surface area contributed by atoms with Crippen LogP contribution in [0.15, 0.2) is 46.5 Å². The van der Waals surface area contributed by atoms with Crippen LogP contribution in [0.2, 0.25) is 0 Å². The van der Waals surface area contributed by atoms with Crippen LogP contribution in [0.5, 0.6) is 0 Å². The topological polar surface area (TPSA) is 81.3 Å². The number of benzene rings is 1. The highest BCUT2D eigenvalue weighted by Gasteiger charge is 2.13. The van der Waals surface area contributed by atoms with Gasteiger partial charge in [-0.25, -0.2) is 4.79 Å². The molecule has 0 aliphatic rings. The van der Waals surface area contributed by atoms with Crippen molar-refractivity contribution in [2.75, 3.05) is 0 Å².